The predicted molar refractivity (Wildman–Crippen MR) is 107 cm³/mol. The molecular formula is C20H26N4OS. The largest absolute Gasteiger partial charge is 0.294 e. The lowest BCUT2D eigenvalue weighted by Gasteiger charge is -2.20. The quantitative estimate of drug-likeness (QED) is 0.605. The van der Waals surface area contributed by atoms with E-state index in [1.165, 1.54) is 27.0 Å². The molecule has 2 heterocycles. The maximum absolute atomic E-state index is 12.4. The van der Waals surface area contributed by atoms with Gasteiger partial charge < -0.3 is 0 Å². The number of fused-ring (bicyclic) bond motifs is 1. The molecule has 0 radical (unpaired) electrons. The van der Waals surface area contributed by atoms with E-state index in [0.29, 0.717) is 11.5 Å². The fourth-order valence-corrected chi connectivity index (χ4v) is 3.83. The Hall–Kier alpha value is -2.05. The molecule has 5 nitrogen and oxygen atoms in total. The second kappa shape index (κ2) is 8.56. The van der Waals surface area contributed by atoms with Crippen molar-refractivity contribution in [2.24, 2.45) is 0 Å². The molecule has 3 rings (SSSR count). The van der Waals surface area contributed by atoms with E-state index in [1.54, 1.807) is 6.07 Å². The normalized spacial score (nSPS) is 11.5. The van der Waals surface area contributed by atoms with E-state index >= 15 is 0 Å². The van der Waals surface area contributed by atoms with Crippen LogP contribution in [0.5, 0.6) is 0 Å². The maximum atomic E-state index is 12.4. The predicted octanol–water partition coefficient (Wildman–Crippen LogP) is 3.82. The molecule has 0 saturated heterocycles. The van der Waals surface area contributed by atoms with E-state index in [9.17, 15) is 4.79 Å². The van der Waals surface area contributed by atoms with Gasteiger partial charge in [-0.05, 0) is 25.5 Å². The van der Waals surface area contributed by atoms with Crippen molar-refractivity contribution in [3.63, 3.8) is 0 Å². The molecule has 6 heteroatoms. The van der Waals surface area contributed by atoms with Crippen LogP contribution in [0.4, 0.5) is 0 Å². The van der Waals surface area contributed by atoms with Crippen LogP contribution in [0.25, 0.3) is 4.96 Å². The molecule has 0 atom stereocenters. The van der Waals surface area contributed by atoms with E-state index in [0.717, 1.165) is 43.1 Å². The van der Waals surface area contributed by atoms with Gasteiger partial charge in [0.25, 0.3) is 5.56 Å². The lowest BCUT2D eigenvalue weighted by Crippen LogP contribution is -2.25. The maximum Gasteiger partial charge on any atom is 0.275 e. The molecule has 138 valence electrons. The summed E-state index contributed by atoms with van der Waals surface area (Å²) in [5.41, 5.74) is 3.26. The smallest absolute Gasteiger partial charge is 0.275 e. The van der Waals surface area contributed by atoms with Crippen molar-refractivity contribution in [2.45, 2.75) is 53.1 Å². The molecule has 0 unspecified atom stereocenters. The number of unbranched alkanes of at least 4 members (excludes halogenated alkanes) is 1. The summed E-state index contributed by atoms with van der Waals surface area (Å²) < 4.78 is 1.44. The molecular weight excluding hydrogens is 344 g/mol. The summed E-state index contributed by atoms with van der Waals surface area (Å²) in [5.74, 6) is 0. The molecule has 0 spiro atoms. The molecule has 0 aliphatic heterocycles. The number of nitrogens with zero attached hydrogens (tertiary/aromatic N) is 4. The van der Waals surface area contributed by atoms with Gasteiger partial charge in [0, 0.05) is 25.6 Å². The Labute approximate surface area is 158 Å². The Morgan fingerprint density at radius 1 is 1.15 bits per heavy atom. The zero-order valence-electron chi connectivity index (χ0n) is 15.7. The van der Waals surface area contributed by atoms with Crippen LogP contribution < -0.4 is 5.56 Å². The zero-order valence-corrected chi connectivity index (χ0v) is 16.6. The highest BCUT2D eigenvalue weighted by atomic mass is 32.1. The molecule has 2 aromatic heterocycles. The van der Waals surface area contributed by atoms with Gasteiger partial charge in [-0.2, -0.15) is 9.61 Å². The summed E-state index contributed by atoms with van der Waals surface area (Å²) in [6.45, 7) is 8.80. The van der Waals surface area contributed by atoms with Gasteiger partial charge in [0.05, 0.1) is 5.69 Å². The third-order valence-electron chi connectivity index (χ3n) is 4.44. The fraction of sp³-hybridized carbons (Fsp3) is 0.450. The van der Waals surface area contributed by atoms with Crippen LogP contribution in [-0.2, 0) is 19.5 Å². The topological polar surface area (TPSA) is 50.5 Å². The summed E-state index contributed by atoms with van der Waals surface area (Å²) in [5, 5.41) is 5.40. The van der Waals surface area contributed by atoms with Crippen molar-refractivity contribution in [1.29, 1.82) is 0 Å². The number of hydrogen-bond acceptors (Lipinski definition) is 5. The molecule has 0 N–H and O–H groups in total. The second-order valence-corrected chi connectivity index (χ2v) is 7.71. The first-order chi connectivity index (χ1) is 12.6. The van der Waals surface area contributed by atoms with Gasteiger partial charge in [0.15, 0.2) is 0 Å². The van der Waals surface area contributed by atoms with Gasteiger partial charge in [-0.3, -0.25) is 9.69 Å². The zero-order chi connectivity index (χ0) is 18.5. The highest BCUT2D eigenvalue weighted by Crippen LogP contribution is 2.15. The number of hydrogen-bond donors (Lipinski definition) is 0. The third kappa shape index (κ3) is 4.56. The standard InChI is InChI=1S/C20H26N4OS/c1-4-6-7-18-22-24-19(25)12-17(21-20(24)26-18)14-23(5-2)13-16-10-8-15(3)9-11-16/h8-12H,4-7,13-14H2,1-3H3. The van der Waals surface area contributed by atoms with Gasteiger partial charge >= 0.3 is 0 Å². The van der Waals surface area contributed by atoms with Crippen LogP contribution in [-0.4, -0.2) is 26.0 Å². The van der Waals surface area contributed by atoms with Crippen LogP contribution >= 0.6 is 11.3 Å². The summed E-state index contributed by atoms with van der Waals surface area (Å²) in [7, 11) is 0. The molecule has 0 fully saturated rings. The fourth-order valence-electron chi connectivity index (χ4n) is 2.87. The second-order valence-electron chi connectivity index (χ2n) is 6.67. The van der Waals surface area contributed by atoms with Crippen LogP contribution in [0.15, 0.2) is 35.1 Å². The average molecular weight is 371 g/mol. The number of benzene rings is 1. The van der Waals surface area contributed by atoms with E-state index in [2.05, 4.69) is 60.0 Å². The van der Waals surface area contributed by atoms with E-state index in [4.69, 9.17) is 0 Å². The third-order valence-corrected chi connectivity index (χ3v) is 5.41. The van der Waals surface area contributed by atoms with Crippen molar-refractivity contribution in [2.75, 3.05) is 6.54 Å². The van der Waals surface area contributed by atoms with Crippen LogP contribution in [0.1, 0.15) is 48.5 Å². The van der Waals surface area contributed by atoms with Crippen LogP contribution in [0, 0.1) is 6.92 Å². The van der Waals surface area contributed by atoms with Crippen molar-refractivity contribution in [1.82, 2.24) is 19.5 Å². The highest BCUT2D eigenvalue weighted by molar-refractivity contribution is 7.16. The molecule has 0 bridgehead atoms. The molecule has 0 amide bonds. The van der Waals surface area contributed by atoms with E-state index < -0.39 is 0 Å². The van der Waals surface area contributed by atoms with Crippen molar-refractivity contribution >= 4 is 16.3 Å². The molecule has 0 aliphatic carbocycles. The number of aryl methyl sites for hydroxylation is 2. The number of aromatic nitrogens is 3. The first-order valence-electron chi connectivity index (χ1n) is 9.25. The summed E-state index contributed by atoms with van der Waals surface area (Å²) in [6.07, 6.45) is 3.11. The monoisotopic (exact) mass is 370 g/mol. The van der Waals surface area contributed by atoms with Gasteiger partial charge in [-0.25, -0.2) is 4.98 Å². The molecule has 0 aliphatic rings. The molecule has 0 saturated carbocycles. The van der Waals surface area contributed by atoms with Gasteiger partial charge in [0.2, 0.25) is 4.96 Å². The minimum atomic E-state index is -0.0876. The summed E-state index contributed by atoms with van der Waals surface area (Å²) >= 11 is 1.53. The Balaban J connectivity index is 1.77. The molecule has 3 aromatic rings. The summed E-state index contributed by atoms with van der Waals surface area (Å²) in [6, 6.07) is 10.2. The Kier molecular flexibility index (Phi) is 6.16. The average Bonchev–Trinajstić information content (AvgIpc) is 3.04. The first kappa shape index (κ1) is 18.7. The Morgan fingerprint density at radius 2 is 1.92 bits per heavy atom. The summed E-state index contributed by atoms with van der Waals surface area (Å²) in [4.78, 5) is 20.1. The van der Waals surface area contributed by atoms with Gasteiger partial charge in [0.1, 0.15) is 5.01 Å². The highest BCUT2D eigenvalue weighted by Gasteiger charge is 2.11. The van der Waals surface area contributed by atoms with Crippen molar-refractivity contribution in [3.8, 4) is 0 Å². The first-order valence-corrected chi connectivity index (χ1v) is 10.1. The minimum absolute atomic E-state index is 0.0876. The minimum Gasteiger partial charge on any atom is -0.294 e. The van der Waals surface area contributed by atoms with Crippen molar-refractivity contribution in [3.05, 3.63) is 62.5 Å². The lowest BCUT2D eigenvalue weighted by atomic mass is 10.1. The van der Waals surface area contributed by atoms with E-state index in [1.807, 2.05) is 0 Å². The molecule has 1 aromatic carbocycles. The van der Waals surface area contributed by atoms with E-state index in [-0.39, 0.29) is 5.56 Å². The Bertz CT molecular complexity index is 914. The van der Waals surface area contributed by atoms with Gasteiger partial charge in [-0.15, -0.1) is 0 Å². The Morgan fingerprint density at radius 3 is 2.62 bits per heavy atom. The van der Waals surface area contributed by atoms with Crippen molar-refractivity contribution < 1.29 is 0 Å². The van der Waals surface area contributed by atoms with Gasteiger partial charge in [-0.1, -0.05) is 61.4 Å². The number of rotatable bonds is 8. The van der Waals surface area contributed by atoms with Crippen LogP contribution in [0.3, 0.4) is 0 Å². The molecule has 26 heavy (non-hydrogen) atoms. The van der Waals surface area contributed by atoms with Crippen LogP contribution in [0.2, 0.25) is 0 Å². The SMILES string of the molecule is CCCCc1nn2c(=O)cc(CN(CC)Cc3ccc(C)cc3)nc2s1. The lowest BCUT2D eigenvalue weighted by molar-refractivity contribution is 0.268.